The maximum absolute atomic E-state index is 12.9. The summed E-state index contributed by atoms with van der Waals surface area (Å²) in [6.07, 6.45) is 2.32. The van der Waals surface area contributed by atoms with E-state index >= 15 is 0 Å². The SMILES string of the molecule is COC(=O)c1ccc(S(=O)(=O)N(C)Cc2ccccc2N2CCCC2)cc1. The summed E-state index contributed by atoms with van der Waals surface area (Å²) >= 11 is 0. The van der Waals surface area contributed by atoms with Crippen molar-refractivity contribution in [1.82, 2.24) is 4.31 Å². The molecule has 7 heteroatoms. The third-order valence-corrected chi connectivity index (χ3v) is 6.63. The summed E-state index contributed by atoms with van der Waals surface area (Å²) < 4.78 is 31.8. The Kier molecular flexibility index (Phi) is 5.82. The van der Waals surface area contributed by atoms with Gasteiger partial charge in [-0.05, 0) is 48.7 Å². The van der Waals surface area contributed by atoms with E-state index in [2.05, 4.69) is 9.64 Å². The third kappa shape index (κ3) is 4.14. The number of esters is 1. The van der Waals surface area contributed by atoms with Crippen molar-refractivity contribution in [2.45, 2.75) is 24.3 Å². The Morgan fingerprint density at radius 3 is 2.33 bits per heavy atom. The van der Waals surface area contributed by atoms with E-state index < -0.39 is 16.0 Å². The van der Waals surface area contributed by atoms with E-state index in [-0.39, 0.29) is 11.4 Å². The van der Waals surface area contributed by atoms with Crippen LogP contribution in [0.4, 0.5) is 5.69 Å². The normalized spacial score (nSPS) is 14.6. The Balaban J connectivity index is 1.81. The number of methoxy groups -OCH3 is 1. The van der Waals surface area contributed by atoms with Crippen LogP contribution in [0.1, 0.15) is 28.8 Å². The van der Waals surface area contributed by atoms with Gasteiger partial charge < -0.3 is 9.64 Å². The summed E-state index contributed by atoms with van der Waals surface area (Å²) in [7, 11) is -0.800. The highest BCUT2D eigenvalue weighted by Gasteiger charge is 2.23. The first-order chi connectivity index (χ1) is 12.9. The van der Waals surface area contributed by atoms with Gasteiger partial charge in [0.05, 0.1) is 17.6 Å². The van der Waals surface area contributed by atoms with E-state index in [9.17, 15) is 13.2 Å². The fraction of sp³-hybridized carbons (Fsp3) is 0.350. The van der Waals surface area contributed by atoms with Crippen LogP contribution in [0, 0.1) is 0 Å². The maximum atomic E-state index is 12.9. The zero-order valence-corrected chi connectivity index (χ0v) is 16.4. The topological polar surface area (TPSA) is 66.9 Å². The lowest BCUT2D eigenvalue weighted by Gasteiger charge is -2.24. The van der Waals surface area contributed by atoms with Gasteiger partial charge in [-0.1, -0.05) is 18.2 Å². The van der Waals surface area contributed by atoms with Crippen molar-refractivity contribution in [3.63, 3.8) is 0 Å². The van der Waals surface area contributed by atoms with Crippen molar-refractivity contribution >= 4 is 21.7 Å². The van der Waals surface area contributed by atoms with E-state index in [0.717, 1.165) is 37.2 Å². The molecule has 3 rings (SSSR count). The second kappa shape index (κ2) is 8.10. The number of nitrogens with zero attached hydrogens (tertiary/aromatic N) is 2. The molecule has 6 nitrogen and oxygen atoms in total. The monoisotopic (exact) mass is 388 g/mol. The van der Waals surface area contributed by atoms with Crippen LogP contribution in [0.15, 0.2) is 53.4 Å². The van der Waals surface area contributed by atoms with Crippen molar-refractivity contribution in [2.75, 3.05) is 32.1 Å². The van der Waals surface area contributed by atoms with Gasteiger partial charge in [0, 0.05) is 32.4 Å². The van der Waals surface area contributed by atoms with Gasteiger partial charge in [0.25, 0.3) is 0 Å². The summed E-state index contributed by atoms with van der Waals surface area (Å²) in [5.41, 5.74) is 2.40. The fourth-order valence-electron chi connectivity index (χ4n) is 3.30. The smallest absolute Gasteiger partial charge is 0.337 e. The molecule has 2 aromatic rings. The standard InChI is InChI=1S/C20H24N2O4S/c1-21(15-17-7-3-4-8-19(17)22-13-5-6-14-22)27(24,25)18-11-9-16(10-12-18)20(23)26-2/h3-4,7-12H,5-6,13-15H2,1-2H3. The molecular formula is C20H24N2O4S. The molecule has 0 spiro atoms. The highest BCUT2D eigenvalue weighted by Crippen LogP contribution is 2.27. The van der Waals surface area contributed by atoms with Crippen LogP contribution < -0.4 is 4.90 Å². The lowest BCUT2D eigenvalue weighted by molar-refractivity contribution is 0.0600. The van der Waals surface area contributed by atoms with Crippen molar-refractivity contribution in [3.8, 4) is 0 Å². The molecule has 1 aliphatic rings. The molecule has 2 aromatic carbocycles. The largest absolute Gasteiger partial charge is 0.465 e. The number of hydrogen-bond donors (Lipinski definition) is 0. The Bertz CT molecular complexity index is 904. The number of ether oxygens (including phenoxy) is 1. The van der Waals surface area contributed by atoms with Gasteiger partial charge >= 0.3 is 5.97 Å². The number of anilines is 1. The van der Waals surface area contributed by atoms with E-state index in [1.165, 1.54) is 35.7 Å². The van der Waals surface area contributed by atoms with Crippen molar-refractivity contribution < 1.29 is 17.9 Å². The summed E-state index contributed by atoms with van der Waals surface area (Å²) in [6, 6.07) is 13.7. The van der Waals surface area contributed by atoms with Gasteiger partial charge in [-0.3, -0.25) is 0 Å². The predicted molar refractivity (Wildman–Crippen MR) is 104 cm³/mol. The van der Waals surface area contributed by atoms with Gasteiger partial charge in [-0.2, -0.15) is 4.31 Å². The van der Waals surface area contributed by atoms with E-state index in [4.69, 9.17) is 0 Å². The first-order valence-corrected chi connectivity index (χ1v) is 10.3. The zero-order valence-electron chi connectivity index (χ0n) is 15.6. The van der Waals surface area contributed by atoms with Crippen LogP contribution in [-0.2, 0) is 21.3 Å². The summed E-state index contributed by atoms with van der Waals surface area (Å²) in [5, 5.41) is 0. The summed E-state index contributed by atoms with van der Waals surface area (Å²) in [4.78, 5) is 14.0. The Labute approximate surface area is 160 Å². The van der Waals surface area contributed by atoms with E-state index in [1.54, 1.807) is 7.05 Å². The minimum Gasteiger partial charge on any atom is -0.465 e. The number of hydrogen-bond acceptors (Lipinski definition) is 5. The quantitative estimate of drug-likeness (QED) is 0.712. The molecule has 144 valence electrons. The van der Waals surface area contributed by atoms with Gasteiger partial charge in [0.1, 0.15) is 0 Å². The summed E-state index contributed by atoms with van der Waals surface area (Å²) in [5.74, 6) is -0.494. The lowest BCUT2D eigenvalue weighted by Crippen LogP contribution is -2.28. The second-order valence-electron chi connectivity index (χ2n) is 6.60. The van der Waals surface area contributed by atoms with Crippen molar-refractivity contribution in [3.05, 3.63) is 59.7 Å². The molecule has 0 N–H and O–H groups in total. The molecule has 0 aliphatic carbocycles. The molecule has 0 bridgehead atoms. The fourth-order valence-corrected chi connectivity index (χ4v) is 4.45. The molecule has 0 saturated carbocycles. The number of carbonyl (C=O) groups is 1. The minimum absolute atomic E-state index is 0.149. The lowest BCUT2D eigenvalue weighted by atomic mass is 10.1. The van der Waals surface area contributed by atoms with Gasteiger partial charge in [-0.25, -0.2) is 13.2 Å². The Hall–Kier alpha value is -2.38. The van der Waals surface area contributed by atoms with Crippen molar-refractivity contribution in [2.24, 2.45) is 0 Å². The third-order valence-electron chi connectivity index (χ3n) is 4.81. The molecule has 0 atom stereocenters. The first kappa shape index (κ1) is 19.4. The Morgan fingerprint density at radius 1 is 1.07 bits per heavy atom. The van der Waals surface area contributed by atoms with E-state index in [0.29, 0.717) is 5.56 Å². The van der Waals surface area contributed by atoms with E-state index in [1.807, 2.05) is 24.3 Å². The van der Waals surface area contributed by atoms with Crippen LogP contribution in [0.25, 0.3) is 0 Å². The molecule has 0 aromatic heterocycles. The van der Waals surface area contributed by atoms with Gasteiger partial charge in [0.15, 0.2) is 0 Å². The highest BCUT2D eigenvalue weighted by atomic mass is 32.2. The molecule has 0 unspecified atom stereocenters. The number of para-hydroxylation sites is 1. The van der Waals surface area contributed by atoms with Crippen molar-refractivity contribution in [1.29, 1.82) is 0 Å². The van der Waals surface area contributed by atoms with Crippen LogP contribution in [0.3, 0.4) is 0 Å². The predicted octanol–water partition coefficient (Wildman–Crippen LogP) is 2.89. The minimum atomic E-state index is -3.66. The zero-order chi connectivity index (χ0) is 19.4. The van der Waals surface area contributed by atoms with Crippen LogP contribution in [-0.4, -0.2) is 45.9 Å². The first-order valence-electron chi connectivity index (χ1n) is 8.91. The number of carbonyl (C=O) groups excluding carboxylic acids is 1. The van der Waals surface area contributed by atoms with Gasteiger partial charge in [-0.15, -0.1) is 0 Å². The summed E-state index contributed by atoms with van der Waals surface area (Å²) in [6.45, 7) is 2.29. The maximum Gasteiger partial charge on any atom is 0.337 e. The van der Waals surface area contributed by atoms with Crippen LogP contribution >= 0.6 is 0 Å². The molecule has 0 amide bonds. The highest BCUT2D eigenvalue weighted by molar-refractivity contribution is 7.89. The molecule has 1 fully saturated rings. The molecular weight excluding hydrogens is 364 g/mol. The average Bonchev–Trinajstić information content (AvgIpc) is 3.22. The van der Waals surface area contributed by atoms with Crippen LogP contribution in [0.2, 0.25) is 0 Å². The number of rotatable bonds is 6. The molecule has 1 aliphatic heterocycles. The molecule has 0 radical (unpaired) electrons. The molecule has 1 heterocycles. The molecule has 27 heavy (non-hydrogen) atoms. The molecule has 1 saturated heterocycles. The average molecular weight is 388 g/mol. The Morgan fingerprint density at radius 2 is 1.70 bits per heavy atom. The van der Waals surface area contributed by atoms with Gasteiger partial charge in [0.2, 0.25) is 10.0 Å². The second-order valence-corrected chi connectivity index (χ2v) is 8.64. The number of benzene rings is 2. The number of sulfonamides is 1. The van der Waals surface area contributed by atoms with Crippen LogP contribution in [0.5, 0.6) is 0 Å².